The van der Waals surface area contributed by atoms with E-state index < -0.39 is 24.3 Å². The molecule has 0 aromatic heterocycles. The third kappa shape index (κ3) is 5.13. The van der Waals surface area contributed by atoms with Crippen molar-refractivity contribution >= 4 is 17.8 Å². The molecule has 9 heteroatoms. The van der Waals surface area contributed by atoms with Gasteiger partial charge in [0.15, 0.2) is 18.1 Å². The second kappa shape index (κ2) is 8.24. The molecule has 0 aliphatic heterocycles. The number of hydrazone groups is 1. The first kappa shape index (κ1) is 19.1. The van der Waals surface area contributed by atoms with Gasteiger partial charge in [-0.1, -0.05) is 6.07 Å². The number of halogens is 3. The number of amides is 1. The largest absolute Gasteiger partial charge is 0.493 e. The van der Waals surface area contributed by atoms with E-state index in [1.807, 2.05) is 0 Å². The number of carbonyl (C=O) groups is 1. The molecule has 26 heavy (non-hydrogen) atoms. The van der Waals surface area contributed by atoms with Crippen molar-refractivity contribution in [2.75, 3.05) is 19.0 Å². The Morgan fingerprint density at radius 1 is 1.23 bits per heavy atom. The molecule has 2 aromatic carbocycles. The van der Waals surface area contributed by atoms with Crippen LogP contribution in [0.2, 0.25) is 0 Å². The molecule has 0 bridgehead atoms. The van der Waals surface area contributed by atoms with Crippen LogP contribution in [0.3, 0.4) is 0 Å². The summed E-state index contributed by atoms with van der Waals surface area (Å²) in [6, 6.07) is 9.15. The Balaban J connectivity index is 2.01. The van der Waals surface area contributed by atoms with Crippen molar-refractivity contribution in [1.82, 2.24) is 0 Å². The van der Waals surface area contributed by atoms with Gasteiger partial charge in [-0.05, 0) is 42.0 Å². The van der Waals surface area contributed by atoms with Crippen molar-refractivity contribution in [3.63, 3.8) is 0 Å². The van der Waals surface area contributed by atoms with E-state index in [2.05, 4.69) is 10.4 Å². The van der Waals surface area contributed by atoms with Gasteiger partial charge >= 0.3 is 6.18 Å². The van der Waals surface area contributed by atoms with Crippen LogP contribution in [0.25, 0.3) is 0 Å². The Morgan fingerprint density at radius 2 is 2.00 bits per heavy atom. The second-order valence-electron chi connectivity index (χ2n) is 5.10. The van der Waals surface area contributed by atoms with Crippen LogP contribution < -0.4 is 20.6 Å². The lowest BCUT2D eigenvalue weighted by molar-refractivity contribution is -0.137. The highest BCUT2D eigenvalue weighted by molar-refractivity contribution is 5.92. The van der Waals surface area contributed by atoms with Crippen LogP contribution >= 0.6 is 0 Å². The van der Waals surface area contributed by atoms with Crippen LogP contribution in [0.5, 0.6) is 11.5 Å². The van der Waals surface area contributed by atoms with E-state index in [0.717, 1.165) is 12.1 Å². The molecule has 0 spiro atoms. The minimum Gasteiger partial charge on any atom is -0.493 e. The Kier molecular flexibility index (Phi) is 6.05. The zero-order valence-corrected chi connectivity index (χ0v) is 13.7. The lowest BCUT2D eigenvalue weighted by Crippen LogP contribution is -2.20. The summed E-state index contributed by atoms with van der Waals surface area (Å²) in [7, 11) is 1.42. The topological polar surface area (TPSA) is 85.9 Å². The molecule has 0 aliphatic rings. The van der Waals surface area contributed by atoms with E-state index in [1.54, 1.807) is 18.2 Å². The maximum Gasteiger partial charge on any atom is 0.416 e. The number of carbonyl (C=O) groups excluding carboxylic acids is 1. The quantitative estimate of drug-likeness (QED) is 0.467. The highest BCUT2D eigenvalue weighted by Crippen LogP contribution is 2.31. The number of hydrogen-bond donors (Lipinski definition) is 2. The Labute approximate surface area is 147 Å². The summed E-state index contributed by atoms with van der Waals surface area (Å²) in [5.74, 6) is 5.11. The third-order valence-electron chi connectivity index (χ3n) is 3.24. The first-order valence-corrected chi connectivity index (χ1v) is 7.34. The van der Waals surface area contributed by atoms with Crippen LogP contribution in [-0.4, -0.2) is 25.8 Å². The number of benzene rings is 2. The van der Waals surface area contributed by atoms with Gasteiger partial charge in [0, 0.05) is 5.69 Å². The molecule has 0 unspecified atom stereocenters. The monoisotopic (exact) mass is 367 g/mol. The molecule has 0 heterocycles. The van der Waals surface area contributed by atoms with E-state index >= 15 is 0 Å². The van der Waals surface area contributed by atoms with E-state index in [0.29, 0.717) is 17.1 Å². The highest BCUT2D eigenvalue weighted by Gasteiger charge is 2.30. The average molecular weight is 367 g/mol. The van der Waals surface area contributed by atoms with Crippen LogP contribution in [-0.2, 0) is 11.0 Å². The molecule has 0 atom stereocenters. The number of nitrogens with zero attached hydrogens (tertiary/aromatic N) is 1. The van der Waals surface area contributed by atoms with Gasteiger partial charge in [0.2, 0.25) is 0 Å². The average Bonchev–Trinajstić information content (AvgIpc) is 2.60. The number of hydrogen-bond acceptors (Lipinski definition) is 5. The molecule has 0 radical (unpaired) electrons. The lowest BCUT2D eigenvalue weighted by atomic mass is 10.2. The number of methoxy groups -OCH3 is 1. The van der Waals surface area contributed by atoms with E-state index in [9.17, 15) is 18.0 Å². The van der Waals surface area contributed by atoms with Crippen molar-refractivity contribution < 1.29 is 27.4 Å². The molecule has 0 fully saturated rings. The zero-order valence-electron chi connectivity index (χ0n) is 13.7. The van der Waals surface area contributed by atoms with Gasteiger partial charge in [-0.25, -0.2) is 0 Å². The number of alkyl halides is 3. The van der Waals surface area contributed by atoms with Gasteiger partial charge in [0.05, 0.1) is 18.9 Å². The normalized spacial score (nSPS) is 11.4. The van der Waals surface area contributed by atoms with Crippen LogP contribution in [0.15, 0.2) is 47.6 Å². The Morgan fingerprint density at radius 3 is 2.65 bits per heavy atom. The van der Waals surface area contributed by atoms with Crippen LogP contribution in [0.1, 0.15) is 11.1 Å². The highest BCUT2D eigenvalue weighted by atomic mass is 19.4. The molecule has 0 saturated carbocycles. The molecule has 2 rings (SSSR count). The van der Waals surface area contributed by atoms with E-state index in [-0.39, 0.29) is 5.69 Å². The molecular formula is C17H16F3N3O3. The Hall–Kier alpha value is -3.23. The summed E-state index contributed by atoms with van der Waals surface area (Å²) in [5, 5.41) is 5.74. The van der Waals surface area contributed by atoms with E-state index in [1.165, 1.54) is 25.5 Å². The maximum absolute atomic E-state index is 12.7. The van der Waals surface area contributed by atoms with Crippen molar-refractivity contribution in [2.45, 2.75) is 6.18 Å². The fraction of sp³-hybridized carbons (Fsp3) is 0.176. The summed E-state index contributed by atoms with van der Waals surface area (Å²) in [6.45, 7) is -0.406. The predicted molar refractivity (Wildman–Crippen MR) is 90.3 cm³/mol. The summed E-state index contributed by atoms with van der Waals surface area (Å²) in [4.78, 5) is 11.9. The third-order valence-corrected chi connectivity index (χ3v) is 3.24. The molecule has 138 valence electrons. The smallest absolute Gasteiger partial charge is 0.416 e. The fourth-order valence-electron chi connectivity index (χ4n) is 2.08. The van der Waals surface area contributed by atoms with Gasteiger partial charge in [0.1, 0.15) is 0 Å². The number of ether oxygens (including phenoxy) is 2. The van der Waals surface area contributed by atoms with Gasteiger partial charge in [-0.3, -0.25) is 4.79 Å². The van der Waals surface area contributed by atoms with Gasteiger partial charge in [0.25, 0.3) is 5.91 Å². The van der Waals surface area contributed by atoms with Crippen LogP contribution in [0, 0.1) is 0 Å². The van der Waals surface area contributed by atoms with Crippen molar-refractivity contribution in [1.29, 1.82) is 0 Å². The first-order chi connectivity index (χ1) is 12.3. The number of nitrogens with two attached hydrogens (primary N) is 1. The molecule has 2 aromatic rings. The summed E-state index contributed by atoms with van der Waals surface area (Å²) >= 11 is 0. The molecule has 6 nitrogen and oxygen atoms in total. The maximum atomic E-state index is 12.7. The predicted octanol–water partition coefficient (Wildman–Crippen LogP) is 3.02. The van der Waals surface area contributed by atoms with E-state index in [4.69, 9.17) is 15.3 Å². The summed E-state index contributed by atoms with van der Waals surface area (Å²) in [5.41, 5.74) is -0.157. The van der Waals surface area contributed by atoms with Crippen molar-refractivity contribution in [3.8, 4) is 11.5 Å². The minimum absolute atomic E-state index is 0.0231. The standard InChI is InChI=1S/C17H16F3N3O3/c1-25-15-7-11(9-22-21)5-6-14(15)26-10-16(24)23-13-4-2-3-12(8-13)17(18,19)20/h2-9H,10,21H2,1H3,(H,23,24). The fourth-order valence-corrected chi connectivity index (χ4v) is 2.08. The number of rotatable bonds is 6. The molecule has 1 amide bonds. The lowest BCUT2D eigenvalue weighted by Gasteiger charge is -2.12. The first-order valence-electron chi connectivity index (χ1n) is 7.34. The molecule has 0 saturated heterocycles. The molecule has 3 N–H and O–H groups in total. The van der Waals surface area contributed by atoms with Crippen molar-refractivity contribution in [2.24, 2.45) is 10.9 Å². The van der Waals surface area contributed by atoms with Crippen LogP contribution in [0.4, 0.5) is 18.9 Å². The number of anilines is 1. The SMILES string of the molecule is COc1cc(C=NN)ccc1OCC(=O)Nc1cccc(C(F)(F)F)c1. The molecular weight excluding hydrogens is 351 g/mol. The summed E-state index contributed by atoms with van der Waals surface area (Å²) in [6.07, 6.45) is -3.08. The minimum atomic E-state index is -4.49. The van der Waals surface area contributed by atoms with Gasteiger partial charge in [-0.15, -0.1) is 0 Å². The van der Waals surface area contributed by atoms with Crippen molar-refractivity contribution in [3.05, 3.63) is 53.6 Å². The number of nitrogens with one attached hydrogen (secondary N) is 1. The van der Waals surface area contributed by atoms with Gasteiger partial charge in [-0.2, -0.15) is 18.3 Å². The molecule has 0 aliphatic carbocycles. The Bertz CT molecular complexity index is 807. The van der Waals surface area contributed by atoms with Gasteiger partial charge < -0.3 is 20.6 Å². The second-order valence-corrected chi connectivity index (χ2v) is 5.10. The zero-order chi connectivity index (χ0) is 19.2. The summed E-state index contributed by atoms with van der Waals surface area (Å²) < 4.78 is 48.5.